The molecule has 4 nitrogen and oxygen atoms in total. The minimum absolute atomic E-state index is 0.0869. The Kier molecular flexibility index (Phi) is 5.05. The number of rotatable bonds is 4. The third kappa shape index (κ3) is 4.18. The second-order valence-corrected chi connectivity index (χ2v) is 4.21. The molecule has 2 atom stereocenters. The largest absolute Gasteiger partial charge is 0.466 e. The van der Waals surface area contributed by atoms with Crippen molar-refractivity contribution in [3.63, 3.8) is 0 Å². The Morgan fingerprint density at radius 3 is 3.00 bits per heavy atom. The number of carbonyl (C=O) groups excluding carboxylic acids is 1. The van der Waals surface area contributed by atoms with Crippen LogP contribution in [-0.2, 0) is 9.53 Å². The number of nitrogens with zero attached hydrogens (tertiary/aromatic N) is 1. The zero-order valence-corrected chi connectivity index (χ0v) is 9.95. The maximum absolute atomic E-state index is 11.3. The standard InChI is InChI=1S/C11H22N2O2/c1-4-15-11(14)7-10(3)13-6-5-12-9(2)8-13/h9-10,12H,4-8H2,1-3H3. The summed E-state index contributed by atoms with van der Waals surface area (Å²) in [7, 11) is 0. The Bertz CT molecular complexity index is 209. The van der Waals surface area contributed by atoms with Gasteiger partial charge in [-0.15, -0.1) is 0 Å². The van der Waals surface area contributed by atoms with Crippen LogP contribution in [0.4, 0.5) is 0 Å². The second kappa shape index (κ2) is 6.08. The van der Waals surface area contributed by atoms with Gasteiger partial charge in [0.25, 0.3) is 0 Å². The molecule has 0 aromatic heterocycles. The van der Waals surface area contributed by atoms with Crippen molar-refractivity contribution < 1.29 is 9.53 Å². The van der Waals surface area contributed by atoms with Crippen LogP contribution in [0.1, 0.15) is 27.2 Å². The number of esters is 1. The van der Waals surface area contributed by atoms with E-state index in [1.54, 1.807) is 0 Å². The Morgan fingerprint density at radius 1 is 1.67 bits per heavy atom. The Hall–Kier alpha value is -0.610. The first-order valence-corrected chi connectivity index (χ1v) is 5.76. The number of hydrogen-bond acceptors (Lipinski definition) is 4. The maximum Gasteiger partial charge on any atom is 0.307 e. The van der Waals surface area contributed by atoms with Gasteiger partial charge in [-0.3, -0.25) is 9.69 Å². The van der Waals surface area contributed by atoms with Gasteiger partial charge in [-0.2, -0.15) is 0 Å². The third-order valence-corrected chi connectivity index (χ3v) is 2.79. The molecule has 1 fully saturated rings. The summed E-state index contributed by atoms with van der Waals surface area (Å²) in [6, 6.07) is 0.803. The van der Waals surface area contributed by atoms with E-state index in [1.807, 2.05) is 6.92 Å². The van der Waals surface area contributed by atoms with Gasteiger partial charge in [0.2, 0.25) is 0 Å². The normalized spacial score (nSPS) is 24.9. The molecule has 0 saturated carbocycles. The van der Waals surface area contributed by atoms with E-state index < -0.39 is 0 Å². The maximum atomic E-state index is 11.3. The molecule has 0 aromatic rings. The fourth-order valence-corrected chi connectivity index (χ4v) is 1.95. The predicted molar refractivity (Wildman–Crippen MR) is 59.7 cm³/mol. The summed E-state index contributed by atoms with van der Waals surface area (Å²) in [5, 5.41) is 3.39. The van der Waals surface area contributed by atoms with Crippen LogP contribution in [0.3, 0.4) is 0 Å². The summed E-state index contributed by atoms with van der Waals surface area (Å²) < 4.78 is 4.95. The monoisotopic (exact) mass is 214 g/mol. The van der Waals surface area contributed by atoms with Crippen molar-refractivity contribution in [3.05, 3.63) is 0 Å². The lowest BCUT2D eigenvalue weighted by molar-refractivity contribution is -0.144. The zero-order chi connectivity index (χ0) is 11.3. The van der Waals surface area contributed by atoms with Crippen LogP contribution in [-0.4, -0.2) is 49.2 Å². The van der Waals surface area contributed by atoms with Gasteiger partial charge in [-0.05, 0) is 20.8 Å². The average molecular weight is 214 g/mol. The minimum Gasteiger partial charge on any atom is -0.466 e. The van der Waals surface area contributed by atoms with E-state index in [9.17, 15) is 4.79 Å². The molecule has 15 heavy (non-hydrogen) atoms. The highest BCUT2D eigenvalue weighted by atomic mass is 16.5. The van der Waals surface area contributed by atoms with Crippen molar-refractivity contribution in [1.82, 2.24) is 10.2 Å². The molecule has 88 valence electrons. The lowest BCUT2D eigenvalue weighted by Crippen LogP contribution is -2.52. The van der Waals surface area contributed by atoms with Crippen LogP contribution in [0.5, 0.6) is 0 Å². The Balaban J connectivity index is 2.32. The molecule has 0 amide bonds. The van der Waals surface area contributed by atoms with Crippen LogP contribution < -0.4 is 5.32 Å². The number of nitrogens with one attached hydrogen (secondary N) is 1. The van der Waals surface area contributed by atoms with Gasteiger partial charge >= 0.3 is 5.97 Å². The van der Waals surface area contributed by atoms with Gasteiger partial charge in [0.05, 0.1) is 13.0 Å². The van der Waals surface area contributed by atoms with Crippen molar-refractivity contribution in [2.24, 2.45) is 0 Å². The van der Waals surface area contributed by atoms with E-state index in [-0.39, 0.29) is 12.0 Å². The topological polar surface area (TPSA) is 41.6 Å². The number of hydrogen-bond donors (Lipinski definition) is 1. The van der Waals surface area contributed by atoms with Crippen LogP contribution in [0.25, 0.3) is 0 Å². The molecule has 0 radical (unpaired) electrons. The van der Waals surface area contributed by atoms with Crippen molar-refractivity contribution in [3.8, 4) is 0 Å². The molecule has 1 N–H and O–H groups in total. The predicted octanol–water partition coefficient (Wildman–Crippen LogP) is 0.622. The van der Waals surface area contributed by atoms with Crippen molar-refractivity contribution in [2.75, 3.05) is 26.2 Å². The lowest BCUT2D eigenvalue weighted by Gasteiger charge is -2.35. The molecule has 1 rings (SSSR count). The first kappa shape index (κ1) is 12.5. The fraction of sp³-hybridized carbons (Fsp3) is 0.909. The van der Waals surface area contributed by atoms with Crippen molar-refractivity contribution in [2.45, 2.75) is 39.3 Å². The minimum atomic E-state index is -0.0869. The van der Waals surface area contributed by atoms with Crippen LogP contribution in [0.2, 0.25) is 0 Å². The number of piperazine rings is 1. The van der Waals surface area contributed by atoms with Gasteiger partial charge < -0.3 is 10.1 Å². The molecule has 0 aliphatic carbocycles. The summed E-state index contributed by atoms with van der Waals surface area (Å²) in [6.07, 6.45) is 0.501. The molecule has 0 aromatic carbocycles. The van der Waals surface area contributed by atoms with E-state index in [2.05, 4.69) is 24.1 Å². The van der Waals surface area contributed by atoms with Crippen LogP contribution in [0.15, 0.2) is 0 Å². The number of ether oxygens (including phenoxy) is 1. The lowest BCUT2D eigenvalue weighted by atomic mass is 10.1. The molecule has 2 unspecified atom stereocenters. The Labute approximate surface area is 92.0 Å². The van der Waals surface area contributed by atoms with Crippen molar-refractivity contribution in [1.29, 1.82) is 0 Å². The van der Waals surface area contributed by atoms with Gasteiger partial charge in [0, 0.05) is 31.7 Å². The highest BCUT2D eigenvalue weighted by Gasteiger charge is 2.22. The first-order valence-electron chi connectivity index (χ1n) is 5.76. The van der Waals surface area contributed by atoms with E-state index in [4.69, 9.17) is 4.74 Å². The zero-order valence-electron chi connectivity index (χ0n) is 9.95. The highest BCUT2D eigenvalue weighted by Crippen LogP contribution is 2.08. The van der Waals surface area contributed by atoms with Crippen LogP contribution in [0, 0.1) is 0 Å². The average Bonchev–Trinajstić information content (AvgIpc) is 2.18. The molecular formula is C11H22N2O2. The van der Waals surface area contributed by atoms with Gasteiger partial charge in [0.15, 0.2) is 0 Å². The van der Waals surface area contributed by atoms with Crippen LogP contribution >= 0.6 is 0 Å². The summed E-state index contributed by atoms with van der Waals surface area (Å²) in [6.45, 7) is 9.62. The SMILES string of the molecule is CCOC(=O)CC(C)N1CCNC(C)C1. The molecule has 1 heterocycles. The summed E-state index contributed by atoms with van der Waals surface area (Å²) in [5.74, 6) is -0.0869. The summed E-state index contributed by atoms with van der Waals surface area (Å²) in [5.41, 5.74) is 0. The molecule has 1 saturated heterocycles. The molecule has 0 bridgehead atoms. The smallest absolute Gasteiger partial charge is 0.307 e. The molecule has 1 aliphatic heterocycles. The highest BCUT2D eigenvalue weighted by molar-refractivity contribution is 5.70. The number of carbonyl (C=O) groups is 1. The molecule has 4 heteroatoms. The third-order valence-electron chi connectivity index (χ3n) is 2.79. The summed E-state index contributed by atoms with van der Waals surface area (Å²) >= 11 is 0. The van der Waals surface area contributed by atoms with Gasteiger partial charge in [-0.1, -0.05) is 0 Å². The Morgan fingerprint density at radius 2 is 2.40 bits per heavy atom. The quantitative estimate of drug-likeness (QED) is 0.697. The molecule has 0 spiro atoms. The van der Waals surface area contributed by atoms with Gasteiger partial charge in [0.1, 0.15) is 0 Å². The van der Waals surface area contributed by atoms with Crippen molar-refractivity contribution >= 4 is 5.97 Å². The van der Waals surface area contributed by atoms with E-state index in [0.717, 1.165) is 19.6 Å². The summed E-state index contributed by atoms with van der Waals surface area (Å²) in [4.78, 5) is 13.7. The molecule has 1 aliphatic rings. The van der Waals surface area contributed by atoms with E-state index >= 15 is 0 Å². The second-order valence-electron chi connectivity index (χ2n) is 4.21. The first-order chi connectivity index (χ1) is 7.13. The van der Waals surface area contributed by atoms with E-state index in [1.165, 1.54) is 0 Å². The van der Waals surface area contributed by atoms with Gasteiger partial charge in [-0.25, -0.2) is 0 Å². The fourth-order valence-electron chi connectivity index (χ4n) is 1.95. The molecular weight excluding hydrogens is 192 g/mol. The van der Waals surface area contributed by atoms with E-state index in [0.29, 0.717) is 19.1 Å².